The van der Waals surface area contributed by atoms with E-state index in [9.17, 15) is 13.2 Å². The number of nitrogens with zero attached hydrogens (tertiary/aromatic N) is 2. The lowest BCUT2D eigenvalue weighted by Crippen LogP contribution is -2.52. The van der Waals surface area contributed by atoms with E-state index in [2.05, 4.69) is 60.2 Å². The summed E-state index contributed by atoms with van der Waals surface area (Å²) in [4.78, 5) is 16.7. The SMILES string of the molecule is CC(C)(C)c1ccc(CCNC(=O)CN2CCN(C3CCS(=O)(=O)C3)CC2)cc1. The van der Waals surface area contributed by atoms with Gasteiger partial charge in [-0.2, -0.15) is 0 Å². The molecule has 0 aliphatic carbocycles. The molecule has 2 heterocycles. The van der Waals surface area contributed by atoms with Crippen molar-refractivity contribution in [2.45, 2.75) is 45.1 Å². The Morgan fingerprint density at radius 2 is 1.76 bits per heavy atom. The number of hydrogen-bond acceptors (Lipinski definition) is 5. The maximum atomic E-state index is 12.3. The van der Waals surface area contributed by atoms with Crippen LogP contribution in [0.1, 0.15) is 38.3 Å². The first-order chi connectivity index (χ1) is 13.6. The molecule has 0 spiro atoms. The van der Waals surface area contributed by atoms with Crippen LogP contribution >= 0.6 is 0 Å². The first-order valence-corrected chi connectivity index (χ1v) is 12.5. The summed E-state index contributed by atoms with van der Waals surface area (Å²) in [6.45, 7) is 11.0. The fourth-order valence-electron chi connectivity index (χ4n) is 4.13. The van der Waals surface area contributed by atoms with Crippen LogP contribution in [0, 0.1) is 0 Å². The monoisotopic (exact) mass is 421 g/mol. The predicted molar refractivity (Wildman–Crippen MR) is 117 cm³/mol. The van der Waals surface area contributed by atoms with Crippen molar-refractivity contribution in [1.82, 2.24) is 15.1 Å². The molecule has 3 rings (SSSR count). The van der Waals surface area contributed by atoms with E-state index in [1.54, 1.807) is 0 Å². The van der Waals surface area contributed by atoms with Gasteiger partial charge in [-0.25, -0.2) is 8.42 Å². The molecule has 2 saturated heterocycles. The van der Waals surface area contributed by atoms with Crippen LogP contribution in [0.5, 0.6) is 0 Å². The fourth-order valence-corrected chi connectivity index (χ4v) is 5.89. The van der Waals surface area contributed by atoms with E-state index in [0.29, 0.717) is 24.6 Å². The average molecular weight is 422 g/mol. The number of nitrogens with one attached hydrogen (secondary N) is 1. The van der Waals surface area contributed by atoms with Crippen molar-refractivity contribution in [1.29, 1.82) is 0 Å². The summed E-state index contributed by atoms with van der Waals surface area (Å²) in [5, 5.41) is 3.03. The highest BCUT2D eigenvalue weighted by Gasteiger charge is 2.33. The summed E-state index contributed by atoms with van der Waals surface area (Å²) >= 11 is 0. The molecule has 6 nitrogen and oxygen atoms in total. The highest BCUT2D eigenvalue weighted by Crippen LogP contribution is 2.22. The second kappa shape index (κ2) is 9.14. The van der Waals surface area contributed by atoms with Gasteiger partial charge in [0.2, 0.25) is 5.91 Å². The van der Waals surface area contributed by atoms with Crippen LogP contribution in [-0.4, -0.2) is 80.9 Å². The third-order valence-corrected chi connectivity index (χ3v) is 7.81. The van der Waals surface area contributed by atoms with Gasteiger partial charge < -0.3 is 5.32 Å². The Hall–Kier alpha value is -1.44. The Morgan fingerprint density at radius 3 is 2.31 bits per heavy atom. The van der Waals surface area contributed by atoms with Gasteiger partial charge in [-0.15, -0.1) is 0 Å². The molecule has 0 saturated carbocycles. The van der Waals surface area contributed by atoms with E-state index in [-0.39, 0.29) is 17.4 Å². The molecular formula is C22H35N3O3S. The zero-order chi connectivity index (χ0) is 21.1. The number of benzene rings is 1. The third-order valence-electron chi connectivity index (χ3n) is 6.05. The van der Waals surface area contributed by atoms with Crippen molar-refractivity contribution in [3.63, 3.8) is 0 Å². The van der Waals surface area contributed by atoms with Crippen molar-refractivity contribution in [2.75, 3.05) is 50.8 Å². The molecule has 1 N–H and O–H groups in total. The second-order valence-corrected chi connectivity index (χ2v) is 11.6. The number of hydrogen-bond donors (Lipinski definition) is 1. The Labute approximate surface area is 175 Å². The number of piperazine rings is 1. The maximum absolute atomic E-state index is 12.3. The zero-order valence-corrected chi connectivity index (χ0v) is 18.8. The Balaban J connectivity index is 1.34. The molecule has 7 heteroatoms. The lowest BCUT2D eigenvalue weighted by molar-refractivity contribution is -0.122. The van der Waals surface area contributed by atoms with E-state index in [1.807, 2.05) is 0 Å². The molecule has 1 amide bonds. The van der Waals surface area contributed by atoms with Crippen LogP contribution in [0.25, 0.3) is 0 Å². The van der Waals surface area contributed by atoms with Crippen LogP contribution < -0.4 is 5.32 Å². The number of amides is 1. The van der Waals surface area contributed by atoms with Crippen molar-refractivity contribution < 1.29 is 13.2 Å². The quantitative estimate of drug-likeness (QED) is 0.753. The summed E-state index contributed by atoms with van der Waals surface area (Å²) < 4.78 is 23.3. The first kappa shape index (κ1) is 22.2. The van der Waals surface area contributed by atoms with Crippen molar-refractivity contribution in [3.8, 4) is 0 Å². The lowest BCUT2D eigenvalue weighted by Gasteiger charge is -2.37. The summed E-state index contributed by atoms with van der Waals surface area (Å²) in [6.07, 6.45) is 1.58. The van der Waals surface area contributed by atoms with Crippen LogP contribution in [0.15, 0.2) is 24.3 Å². The highest BCUT2D eigenvalue weighted by atomic mass is 32.2. The molecule has 0 bridgehead atoms. The summed E-state index contributed by atoms with van der Waals surface area (Å²) in [5.41, 5.74) is 2.71. The normalized spacial score (nSPS) is 23.2. The largest absolute Gasteiger partial charge is 0.355 e. The molecule has 2 aliphatic heterocycles. The van der Waals surface area contributed by atoms with E-state index in [1.165, 1.54) is 11.1 Å². The molecular weight excluding hydrogens is 386 g/mol. The minimum absolute atomic E-state index is 0.0632. The van der Waals surface area contributed by atoms with Crippen molar-refractivity contribution in [3.05, 3.63) is 35.4 Å². The average Bonchev–Trinajstić information content (AvgIpc) is 3.02. The van der Waals surface area contributed by atoms with Crippen LogP contribution in [-0.2, 0) is 26.5 Å². The van der Waals surface area contributed by atoms with Crippen molar-refractivity contribution >= 4 is 15.7 Å². The number of carbonyl (C=O) groups is 1. The maximum Gasteiger partial charge on any atom is 0.234 e. The Bertz CT molecular complexity index is 792. The molecule has 0 aromatic heterocycles. The van der Waals surface area contributed by atoms with Gasteiger partial charge in [0, 0.05) is 38.8 Å². The predicted octanol–water partition coefficient (Wildman–Crippen LogP) is 1.45. The fraction of sp³-hybridized carbons (Fsp3) is 0.682. The molecule has 162 valence electrons. The van der Waals surface area contributed by atoms with E-state index >= 15 is 0 Å². The smallest absolute Gasteiger partial charge is 0.234 e. The molecule has 29 heavy (non-hydrogen) atoms. The Kier molecular flexibility index (Phi) is 7.02. The van der Waals surface area contributed by atoms with Crippen LogP contribution in [0.4, 0.5) is 0 Å². The molecule has 2 aliphatic rings. The Morgan fingerprint density at radius 1 is 1.10 bits per heavy atom. The van der Waals surface area contributed by atoms with Gasteiger partial charge in [-0.1, -0.05) is 45.0 Å². The molecule has 2 fully saturated rings. The molecule has 1 unspecified atom stereocenters. The van der Waals surface area contributed by atoms with E-state index in [0.717, 1.165) is 39.0 Å². The summed E-state index contributed by atoms with van der Waals surface area (Å²) in [5.74, 6) is 0.678. The van der Waals surface area contributed by atoms with Gasteiger partial charge in [0.1, 0.15) is 0 Å². The van der Waals surface area contributed by atoms with Gasteiger partial charge in [0.15, 0.2) is 9.84 Å². The minimum Gasteiger partial charge on any atom is -0.355 e. The first-order valence-electron chi connectivity index (χ1n) is 10.7. The van der Waals surface area contributed by atoms with Crippen molar-refractivity contribution in [2.24, 2.45) is 0 Å². The van der Waals surface area contributed by atoms with E-state index < -0.39 is 9.84 Å². The van der Waals surface area contributed by atoms with Gasteiger partial charge in [0.25, 0.3) is 0 Å². The van der Waals surface area contributed by atoms with Gasteiger partial charge in [-0.05, 0) is 29.4 Å². The minimum atomic E-state index is -2.84. The number of carbonyl (C=O) groups excluding carboxylic acids is 1. The molecule has 1 atom stereocenters. The summed E-state index contributed by atoms with van der Waals surface area (Å²) in [6, 6.07) is 8.81. The molecule has 1 aromatic carbocycles. The number of rotatable bonds is 6. The zero-order valence-electron chi connectivity index (χ0n) is 18.0. The third kappa shape index (κ3) is 6.52. The highest BCUT2D eigenvalue weighted by molar-refractivity contribution is 7.91. The van der Waals surface area contributed by atoms with Gasteiger partial charge >= 0.3 is 0 Å². The van der Waals surface area contributed by atoms with Gasteiger partial charge in [-0.3, -0.25) is 14.6 Å². The van der Waals surface area contributed by atoms with Gasteiger partial charge in [0.05, 0.1) is 18.1 Å². The lowest BCUT2D eigenvalue weighted by atomic mass is 9.86. The summed E-state index contributed by atoms with van der Waals surface area (Å²) in [7, 11) is -2.84. The topological polar surface area (TPSA) is 69.7 Å². The standard InChI is InChI=1S/C22H35N3O3S/c1-22(2,3)19-6-4-18(5-7-19)8-10-23-21(26)16-24-11-13-25(14-12-24)20-9-15-29(27,28)17-20/h4-7,20H,8-17H2,1-3H3,(H,23,26). The van der Waals surface area contributed by atoms with Crippen LogP contribution in [0.3, 0.4) is 0 Å². The van der Waals surface area contributed by atoms with Crippen LogP contribution in [0.2, 0.25) is 0 Å². The second-order valence-electron chi connectivity index (χ2n) is 9.42. The van der Waals surface area contributed by atoms with E-state index in [4.69, 9.17) is 0 Å². The number of sulfone groups is 1. The molecule has 1 aromatic rings. The molecule has 0 radical (unpaired) electrons.